The zero-order valence-corrected chi connectivity index (χ0v) is 14.1. The maximum absolute atomic E-state index is 12.7. The average Bonchev–Trinajstić information content (AvgIpc) is 3.12. The number of aromatic nitrogens is 2. The van der Waals surface area contributed by atoms with E-state index < -0.39 is 0 Å². The van der Waals surface area contributed by atoms with Crippen molar-refractivity contribution in [3.63, 3.8) is 0 Å². The van der Waals surface area contributed by atoms with Crippen LogP contribution < -0.4 is 10.9 Å². The fourth-order valence-corrected chi connectivity index (χ4v) is 3.13. The van der Waals surface area contributed by atoms with Gasteiger partial charge < -0.3 is 10.1 Å². The number of nitrogens with zero attached hydrogens (tertiary/aromatic N) is 2. The number of benzene rings is 1. The molecule has 1 amide bonds. The fourth-order valence-electron chi connectivity index (χ4n) is 3.13. The molecule has 1 aliphatic rings. The van der Waals surface area contributed by atoms with Crippen LogP contribution in [0, 0.1) is 0 Å². The number of fused-ring (bicyclic) bond motifs is 1. The summed E-state index contributed by atoms with van der Waals surface area (Å²) in [5.41, 5.74) is 0.139. The molecule has 0 saturated carbocycles. The Morgan fingerprint density at radius 2 is 2.17 bits per heavy atom. The van der Waals surface area contributed by atoms with Crippen LogP contribution in [0.1, 0.15) is 43.6 Å². The first-order chi connectivity index (χ1) is 11.6. The summed E-state index contributed by atoms with van der Waals surface area (Å²) in [6, 6.07) is 7.04. The van der Waals surface area contributed by atoms with E-state index in [9.17, 15) is 9.59 Å². The first-order valence-electron chi connectivity index (χ1n) is 8.54. The number of carbonyl (C=O) groups is 1. The summed E-state index contributed by atoms with van der Waals surface area (Å²) in [5, 5.41) is 8.41. The first-order valence-corrected chi connectivity index (χ1v) is 8.54. The summed E-state index contributed by atoms with van der Waals surface area (Å²) in [6.07, 6.45) is 2.79. The van der Waals surface area contributed by atoms with E-state index in [1.807, 2.05) is 19.9 Å². The highest BCUT2D eigenvalue weighted by molar-refractivity contribution is 6.04. The lowest BCUT2D eigenvalue weighted by atomic mass is 10.1. The molecule has 1 aliphatic heterocycles. The Bertz CT molecular complexity index is 794. The normalized spacial score (nSPS) is 18.7. The Morgan fingerprint density at radius 3 is 2.83 bits per heavy atom. The number of carbonyl (C=O) groups excluding carboxylic acids is 1. The van der Waals surface area contributed by atoms with Gasteiger partial charge >= 0.3 is 0 Å². The molecule has 1 N–H and O–H groups in total. The Morgan fingerprint density at radius 1 is 1.42 bits per heavy atom. The van der Waals surface area contributed by atoms with Gasteiger partial charge in [-0.1, -0.05) is 25.1 Å². The Hall–Kier alpha value is -2.21. The van der Waals surface area contributed by atoms with E-state index in [1.165, 1.54) is 4.68 Å². The highest BCUT2D eigenvalue weighted by Crippen LogP contribution is 2.17. The van der Waals surface area contributed by atoms with Gasteiger partial charge in [0.1, 0.15) is 0 Å². The zero-order valence-electron chi connectivity index (χ0n) is 14.1. The molecule has 0 spiro atoms. The van der Waals surface area contributed by atoms with E-state index >= 15 is 0 Å². The number of amides is 1. The number of aryl methyl sites for hydroxylation is 1. The van der Waals surface area contributed by atoms with Gasteiger partial charge in [0, 0.05) is 18.5 Å². The van der Waals surface area contributed by atoms with Crippen LogP contribution in [0.2, 0.25) is 0 Å². The van der Waals surface area contributed by atoms with Crippen molar-refractivity contribution in [2.45, 2.75) is 51.8 Å². The Balaban J connectivity index is 1.96. The van der Waals surface area contributed by atoms with Gasteiger partial charge in [-0.2, -0.15) is 5.10 Å². The van der Waals surface area contributed by atoms with Gasteiger partial charge in [-0.15, -0.1) is 0 Å². The molecule has 0 bridgehead atoms. The van der Waals surface area contributed by atoms with E-state index in [1.54, 1.807) is 18.2 Å². The summed E-state index contributed by atoms with van der Waals surface area (Å²) in [5.74, 6) is -0.265. The van der Waals surface area contributed by atoms with Crippen LogP contribution in [-0.4, -0.2) is 34.4 Å². The minimum absolute atomic E-state index is 0.0433. The van der Waals surface area contributed by atoms with Crippen molar-refractivity contribution in [2.75, 3.05) is 6.61 Å². The molecule has 1 aromatic heterocycles. The lowest BCUT2D eigenvalue weighted by Gasteiger charge is -2.20. The molecule has 0 radical (unpaired) electrons. The topological polar surface area (TPSA) is 73.2 Å². The molecule has 3 rings (SSSR count). The molecule has 2 heterocycles. The van der Waals surface area contributed by atoms with E-state index in [2.05, 4.69) is 10.4 Å². The molecule has 2 unspecified atom stereocenters. The number of hydrogen-bond acceptors (Lipinski definition) is 4. The molecule has 6 heteroatoms. The van der Waals surface area contributed by atoms with Crippen molar-refractivity contribution >= 4 is 16.7 Å². The van der Waals surface area contributed by atoms with Crippen LogP contribution in [-0.2, 0) is 11.3 Å². The van der Waals surface area contributed by atoms with Gasteiger partial charge in [-0.05, 0) is 32.3 Å². The third-order valence-electron chi connectivity index (χ3n) is 4.40. The molecule has 2 aromatic rings. The van der Waals surface area contributed by atoms with Crippen LogP contribution in [0.4, 0.5) is 0 Å². The summed E-state index contributed by atoms with van der Waals surface area (Å²) >= 11 is 0. The third kappa shape index (κ3) is 3.19. The van der Waals surface area contributed by atoms with Gasteiger partial charge in [-0.25, -0.2) is 4.68 Å². The Kier molecular flexibility index (Phi) is 4.94. The maximum Gasteiger partial charge on any atom is 0.274 e. The first kappa shape index (κ1) is 16.6. The second-order valence-corrected chi connectivity index (χ2v) is 6.24. The average molecular weight is 329 g/mol. The molecule has 0 aliphatic carbocycles. The van der Waals surface area contributed by atoms with Crippen LogP contribution in [0.25, 0.3) is 10.8 Å². The minimum atomic E-state index is -0.265. The summed E-state index contributed by atoms with van der Waals surface area (Å²) in [6.45, 7) is 5.15. The third-order valence-corrected chi connectivity index (χ3v) is 4.40. The molecular weight excluding hydrogens is 306 g/mol. The highest BCUT2D eigenvalue weighted by Gasteiger charge is 2.25. The van der Waals surface area contributed by atoms with Gasteiger partial charge in [-0.3, -0.25) is 9.59 Å². The van der Waals surface area contributed by atoms with Crippen molar-refractivity contribution in [2.24, 2.45) is 0 Å². The zero-order chi connectivity index (χ0) is 17.1. The van der Waals surface area contributed by atoms with E-state index in [4.69, 9.17) is 4.74 Å². The van der Waals surface area contributed by atoms with Gasteiger partial charge in [0.25, 0.3) is 11.5 Å². The largest absolute Gasteiger partial charge is 0.376 e. The molecule has 6 nitrogen and oxygen atoms in total. The van der Waals surface area contributed by atoms with E-state index in [0.717, 1.165) is 25.9 Å². The molecule has 1 fully saturated rings. The van der Waals surface area contributed by atoms with Crippen molar-refractivity contribution in [3.05, 3.63) is 40.3 Å². The van der Waals surface area contributed by atoms with Crippen molar-refractivity contribution in [1.82, 2.24) is 15.1 Å². The smallest absolute Gasteiger partial charge is 0.274 e. The lowest BCUT2D eigenvalue weighted by molar-refractivity contribution is 0.0709. The minimum Gasteiger partial charge on any atom is -0.376 e. The highest BCUT2D eigenvalue weighted by atomic mass is 16.5. The number of hydrogen-bond donors (Lipinski definition) is 1. The van der Waals surface area contributed by atoms with Crippen molar-refractivity contribution in [1.29, 1.82) is 0 Å². The standard InChI is InChI=1S/C18H23N3O3/c1-3-10-21-18(23)14-8-5-4-7-13(14)16(20-21)17(22)19-12(2)15-9-6-11-24-15/h4-5,7-8,12,15H,3,6,9-11H2,1-2H3,(H,19,22). The van der Waals surface area contributed by atoms with Crippen molar-refractivity contribution < 1.29 is 9.53 Å². The van der Waals surface area contributed by atoms with Crippen LogP contribution in [0.3, 0.4) is 0 Å². The second-order valence-electron chi connectivity index (χ2n) is 6.24. The quantitative estimate of drug-likeness (QED) is 0.912. The van der Waals surface area contributed by atoms with Crippen LogP contribution in [0.15, 0.2) is 29.1 Å². The molecule has 1 aromatic carbocycles. The number of rotatable bonds is 5. The van der Waals surface area contributed by atoms with Crippen molar-refractivity contribution in [3.8, 4) is 0 Å². The van der Waals surface area contributed by atoms with Gasteiger partial charge in [0.2, 0.25) is 0 Å². The summed E-state index contributed by atoms with van der Waals surface area (Å²) in [7, 11) is 0. The SMILES string of the molecule is CCCn1nc(C(=O)NC(C)C2CCCO2)c2ccccc2c1=O. The molecule has 1 saturated heterocycles. The molecule has 2 atom stereocenters. The molecule has 128 valence electrons. The summed E-state index contributed by atoms with van der Waals surface area (Å²) < 4.78 is 7.01. The second kappa shape index (κ2) is 7.13. The maximum atomic E-state index is 12.7. The lowest BCUT2D eigenvalue weighted by Crippen LogP contribution is -2.42. The van der Waals surface area contributed by atoms with Gasteiger partial charge in [0.15, 0.2) is 5.69 Å². The monoisotopic (exact) mass is 329 g/mol. The summed E-state index contributed by atoms with van der Waals surface area (Å²) in [4.78, 5) is 25.2. The predicted molar refractivity (Wildman–Crippen MR) is 92.2 cm³/mol. The van der Waals surface area contributed by atoms with E-state index in [-0.39, 0.29) is 23.6 Å². The van der Waals surface area contributed by atoms with E-state index in [0.29, 0.717) is 23.0 Å². The number of nitrogens with one attached hydrogen (secondary N) is 1. The Labute approximate surface area is 140 Å². The van der Waals surface area contributed by atoms with Crippen LogP contribution >= 0.6 is 0 Å². The van der Waals surface area contributed by atoms with Gasteiger partial charge in [0.05, 0.1) is 17.5 Å². The fraction of sp³-hybridized carbons (Fsp3) is 0.500. The predicted octanol–water partition coefficient (Wildman–Crippen LogP) is 2.10. The van der Waals surface area contributed by atoms with Crippen LogP contribution in [0.5, 0.6) is 0 Å². The molecule has 24 heavy (non-hydrogen) atoms. The number of ether oxygens (including phenoxy) is 1. The molecular formula is C18H23N3O3.